The van der Waals surface area contributed by atoms with Gasteiger partial charge in [-0.15, -0.1) is 0 Å². The molecule has 0 spiro atoms. The van der Waals surface area contributed by atoms with Crippen molar-refractivity contribution in [2.45, 2.75) is 51.4 Å². The normalized spacial score (nSPS) is 19.4. The Morgan fingerprint density at radius 3 is 1.86 bits per heavy atom. The molecule has 0 heterocycles. The van der Waals surface area contributed by atoms with E-state index in [0.717, 1.165) is 0 Å². The van der Waals surface area contributed by atoms with Gasteiger partial charge in [0.25, 0.3) is 0 Å². The first-order chi connectivity index (χ1) is 6.42. The lowest BCUT2D eigenvalue weighted by atomic mass is 9.85. The number of hydrogen-bond donors (Lipinski definition) is 0. The van der Waals surface area contributed by atoms with E-state index in [4.69, 9.17) is 0 Å². The molecule has 0 aliphatic heterocycles. The van der Waals surface area contributed by atoms with Crippen LogP contribution >= 0.6 is 0 Å². The molecule has 2 rings (SSSR count). The van der Waals surface area contributed by atoms with Gasteiger partial charge in [0.05, 0.1) is 0 Å². The summed E-state index contributed by atoms with van der Waals surface area (Å²) < 4.78 is 0. The van der Waals surface area contributed by atoms with Gasteiger partial charge >= 0.3 is 0 Å². The van der Waals surface area contributed by atoms with E-state index in [1.54, 1.807) is 0 Å². The quantitative estimate of drug-likeness (QED) is 0.624. The summed E-state index contributed by atoms with van der Waals surface area (Å²) in [5.74, 6) is 0. The Labute approximate surface area is 87.3 Å². The first kappa shape index (κ1) is 9.76. The van der Waals surface area contributed by atoms with E-state index < -0.39 is 0 Å². The maximum atomic E-state index is 2.36. The van der Waals surface area contributed by atoms with Gasteiger partial charge in [0.1, 0.15) is 0 Å². The highest BCUT2D eigenvalue weighted by atomic mass is 14.4. The Hall–Kier alpha value is -0.780. The molecule has 0 aromatic heterocycles. The third-order valence-electron chi connectivity index (χ3n) is 3.45. The van der Waals surface area contributed by atoms with Gasteiger partial charge in [-0.1, -0.05) is 52.0 Å². The van der Waals surface area contributed by atoms with E-state index in [9.17, 15) is 0 Å². The maximum Gasteiger partial charge on any atom is -0.00746 e. The second-order valence-electron chi connectivity index (χ2n) is 5.89. The molecular formula is C14H20. The molecule has 0 nitrogen and oxygen atoms in total. The van der Waals surface area contributed by atoms with Gasteiger partial charge in [-0.05, 0) is 34.8 Å². The minimum atomic E-state index is 0.281. The lowest BCUT2D eigenvalue weighted by Gasteiger charge is -2.20. The Morgan fingerprint density at radius 1 is 1.00 bits per heavy atom. The van der Waals surface area contributed by atoms with E-state index >= 15 is 0 Å². The van der Waals surface area contributed by atoms with Gasteiger partial charge in [-0.2, -0.15) is 0 Å². The van der Waals surface area contributed by atoms with Crippen molar-refractivity contribution in [2.24, 2.45) is 0 Å². The predicted molar refractivity (Wildman–Crippen MR) is 61.7 cm³/mol. The van der Waals surface area contributed by atoms with Crippen LogP contribution in [-0.2, 0) is 10.8 Å². The van der Waals surface area contributed by atoms with Gasteiger partial charge < -0.3 is 0 Å². The van der Waals surface area contributed by atoms with Crippen LogP contribution in [0.1, 0.15) is 51.7 Å². The summed E-state index contributed by atoms with van der Waals surface area (Å²) in [6.07, 6.45) is 2.73. The van der Waals surface area contributed by atoms with Crippen molar-refractivity contribution in [1.82, 2.24) is 0 Å². The molecule has 0 atom stereocenters. The van der Waals surface area contributed by atoms with Crippen molar-refractivity contribution < 1.29 is 0 Å². The molecule has 0 bridgehead atoms. The molecule has 0 heteroatoms. The Bertz CT molecular complexity index is 296. The molecule has 0 N–H and O–H groups in total. The van der Waals surface area contributed by atoms with Crippen molar-refractivity contribution >= 4 is 0 Å². The molecule has 1 aromatic rings. The first-order valence-electron chi connectivity index (χ1n) is 5.53. The van der Waals surface area contributed by atoms with Gasteiger partial charge in [0.2, 0.25) is 0 Å². The Balaban J connectivity index is 2.27. The average molecular weight is 188 g/mol. The number of benzene rings is 1. The highest BCUT2D eigenvalue weighted by Gasteiger charge is 2.38. The van der Waals surface area contributed by atoms with Crippen LogP contribution in [0.25, 0.3) is 0 Å². The number of hydrogen-bond acceptors (Lipinski definition) is 0. The Kier molecular flexibility index (Phi) is 1.99. The molecule has 0 unspecified atom stereocenters. The van der Waals surface area contributed by atoms with Gasteiger partial charge in [-0.25, -0.2) is 0 Å². The summed E-state index contributed by atoms with van der Waals surface area (Å²) in [5.41, 5.74) is 3.75. The largest absolute Gasteiger partial charge is 0.0582 e. The second-order valence-corrected chi connectivity index (χ2v) is 5.89. The summed E-state index contributed by atoms with van der Waals surface area (Å²) in [7, 11) is 0. The highest BCUT2D eigenvalue weighted by molar-refractivity contribution is 5.34. The van der Waals surface area contributed by atoms with Crippen LogP contribution in [0.3, 0.4) is 0 Å². The molecule has 1 aliphatic rings. The van der Waals surface area contributed by atoms with E-state index in [1.807, 2.05) is 0 Å². The molecule has 1 fully saturated rings. The van der Waals surface area contributed by atoms with Crippen molar-refractivity contribution in [1.29, 1.82) is 0 Å². The topological polar surface area (TPSA) is 0 Å². The summed E-state index contributed by atoms with van der Waals surface area (Å²) in [6, 6.07) is 9.21. The van der Waals surface area contributed by atoms with E-state index in [2.05, 4.69) is 52.0 Å². The standard InChI is InChI=1S/C14H20/c1-13(2,3)11-5-7-12(8-6-11)14(4)9-10-14/h5-8H,9-10H2,1-4H3. The molecule has 76 valence electrons. The van der Waals surface area contributed by atoms with Crippen LogP contribution in [0.2, 0.25) is 0 Å². The van der Waals surface area contributed by atoms with Gasteiger partial charge in [-0.3, -0.25) is 0 Å². The van der Waals surface area contributed by atoms with E-state index in [-0.39, 0.29) is 5.41 Å². The fraction of sp³-hybridized carbons (Fsp3) is 0.571. The van der Waals surface area contributed by atoms with Crippen LogP contribution in [0.4, 0.5) is 0 Å². The van der Waals surface area contributed by atoms with Crippen LogP contribution in [-0.4, -0.2) is 0 Å². The molecule has 1 aromatic carbocycles. The smallest absolute Gasteiger partial charge is 0.00746 e. The van der Waals surface area contributed by atoms with Crippen LogP contribution in [0.15, 0.2) is 24.3 Å². The van der Waals surface area contributed by atoms with Gasteiger partial charge in [0, 0.05) is 0 Å². The van der Waals surface area contributed by atoms with Crippen molar-refractivity contribution in [3.8, 4) is 0 Å². The first-order valence-corrected chi connectivity index (χ1v) is 5.53. The zero-order chi connectivity index (χ0) is 10.4. The zero-order valence-corrected chi connectivity index (χ0v) is 9.72. The fourth-order valence-electron chi connectivity index (χ4n) is 1.85. The van der Waals surface area contributed by atoms with E-state index in [0.29, 0.717) is 5.41 Å². The molecule has 1 aliphatic carbocycles. The number of rotatable bonds is 1. The molecule has 0 radical (unpaired) electrons. The second kappa shape index (κ2) is 2.85. The molecule has 14 heavy (non-hydrogen) atoms. The maximum absolute atomic E-state index is 2.36. The lowest BCUT2D eigenvalue weighted by Crippen LogP contribution is -2.11. The SMILES string of the molecule is CC(C)(C)c1ccc(C2(C)CC2)cc1. The minimum absolute atomic E-state index is 0.281. The third-order valence-corrected chi connectivity index (χ3v) is 3.45. The Morgan fingerprint density at radius 2 is 1.50 bits per heavy atom. The summed E-state index contributed by atoms with van der Waals surface area (Å²) in [6.45, 7) is 9.15. The summed E-state index contributed by atoms with van der Waals surface area (Å²) in [5, 5.41) is 0. The average Bonchev–Trinajstić information content (AvgIpc) is 2.84. The lowest BCUT2D eigenvalue weighted by molar-refractivity contribution is 0.589. The van der Waals surface area contributed by atoms with E-state index in [1.165, 1.54) is 24.0 Å². The summed E-state index contributed by atoms with van der Waals surface area (Å²) >= 11 is 0. The monoisotopic (exact) mass is 188 g/mol. The van der Waals surface area contributed by atoms with Crippen LogP contribution in [0.5, 0.6) is 0 Å². The summed E-state index contributed by atoms with van der Waals surface area (Å²) in [4.78, 5) is 0. The van der Waals surface area contributed by atoms with Crippen molar-refractivity contribution in [3.05, 3.63) is 35.4 Å². The van der Waals surface area contributed by atoms with Crippen LogP contribution < -0.4 is 0 Å². The zero-order valence-electron chi connectivity index (χ0n) is 9.72. The molecule has 1 saturated carbocycles. The highest BCUT2D eigenvalue weighted by Crippen LogP contribution is 2.47. The minimum Gasteiger partial charge on any atom is -0.0582 e. The molecule has 0 amide bonds. The fourth-order valence-corrected chi connectivity index (χ4v) is 1.85. The molecule has 0 saturated heterocycles. The van der Waals surface area contributed by atoms with Crippen molar-refractivity contribution in [3.63, 3.8) is 0 Å². The molecular weight excluding hydrogens is 168 g/mol. The van der Waals surface area contributed by atoms with Crippen LogP contribution in [0, 0.1) is 0 Å². The van der Waals surface area contributed by atoms with Crippen molar-refractivity contribution in [2.75, 3.05) is 0 Å². The van der Waals surface area contributed by atoms with Gasteiger partial charge in [0.15, 0.2) is 0 Å². The third kappa shape index (κ3) is 1.70. The predicted octanol–water partition coefficient (Wildman–Crippen LogP) is 4.04.